The Kier molecular flexibility index (Phi) is 5.06. The SMILES string of the molecule is CC(CNc1cccc2c1OC(C(=O)O)O2)NC(=O)OC(C)(C)C. The number of carbonyl (C=O) groups is 2. The average molecular weight is 338 g/mol. The van der Waals surface area contributed by atoms with E-state index >= 15 is 0 Å². The van der Waals surface area contributed by atoms with Crippen molar-refractivity contribution in [1.29, 1.82) is 0 Å². The van der Waals surface area contributed by atoms with Crippen molar-refractivity contribution in [3.63, 3.8) is 0 Å². The molecule has 0 radical (unpaired) electrons. The van der Waals surface area contributed by atoms with Gasteiger partial charge in [0.15, 0.2) is 11.5 Å². The molecule has 0 spiro atoms. The van der Waals surface area contributed by atoms with Crippen molar-refractivity contribution in [1.82, 2.24) is 5.32 Å². The summed E-state index contributed by atoms with van der Waals surface area (Å²) in [6.45, 7) is 7.59. The minimum absolute atomic E-state index is 0.215. The highest BCUT2D eigenvalue weighted by Gasteiger charge is 2.32. The lowest BCUT2D eigenvalue weighted by atomic mass is 10.2. The first-order valence-corrected chi connectivity index (χ1v) is 7.58. The van der Waals surface area contributed by atoms with E-state index in [2.05, 4.69) is 10.6 Å². The Morgan fingerprint density at radius 3 is 2.67 bits per heavy atom. The van der Waals surface area contributed by atoms with Gasteiger partial charge in [-0.3, -0.25) is 0 Å². The highest BCUT2D eigenvalue weighted by Crippen LogP contribution is 2.41. The number of alkyl carbamates (subject to hydrolysis) is 1. The molecule has 8 heteroatoms. The van der Waals surface area contributed by atoms with Crippen LogP contribution in [0.15, 0.2) is 18.2 Å². The van der Waals surface area contributed by atoms with Gasteiger partial charge in [0.25, 0.3) is 0 Å². The summed E-state index contributed by atoms with van der Waals surface area (Å²) < 4.78 is 15.7. The number of hydrogen-bond acceptors (Lipinski definition) is 6. The molecule has 0 bridgehead atoms. The van der Waals surface area contributed by atoms with Gasteiger partial charge in [0, 0.05) is 12.6 Å². The maximum Gasteiger partial charge on any atom is 0.407 e. The molecule has 3 N–H and O–H groups in total. The van der Waals surface area contributed by atoms with E-state index in [1.54, 1.807) is 39.0 Å². The lowest BCUT2D eigenvalue weighted by molar-refractivity contribution is -0.154. The molecule has 1 aromatic carbocycles. The molecule has 1 aliphatic rings. The number of benzene rings is 1. The molecule has 1 aliphatic heterocycles. The van der Waals surface area contributed by atoms with Crippen molar-refractivity contribution in [2.75, 3.05) is 11.9 Å². The second-order valence-electron chi connectivity index (χ2n) is 6.47. The lowest BCUT2D eigenvalue weighted by Gasteiger charge is -2.22. The average Bonchev–Trinajstić information content (AvgIpc) is 2.87. The number of aliphatic carboxylic acids is 1. The minimum Gasteiger partial charge on any atom is -0.476 e. The Bertz CT molecular complexity index is 625. The number of carbonyl (C=O) groups excluding carboxylic acids is 1. The van der Waals surface area contributed by atoms with Crippen LogP contribution in [-0.2, 0) is 9.53 Å². The maximum atomic E-state index is 11.7. The maximum absolute atomic E-state index is 11.7. The molecule has 0 aliphatic carbocycles. The zero-order valence-electron chi connectivity index (χ0n) is 14.1. The van der Waals surface area contributed by atoms with E-state index in [0.29, 0.717) is 23.7 Å². The summed E-state index contributed by atoms with van der Waals surface area (Å²) in [5.41, 5.74) is 0.0307. The third kappa shape index (κ3) is 4.68. The number of carboxylic acids is 1. The van der Waals surface area contributed by atoms with Gasteiger partial charge >= 0.3 is 18.4 Å². The molecule has 1 heterocycles. The van der Waals surface area contributed by atoms with Crippen molar-refractivity contribution >= 4 is 17.7 Å². The molecule has 2 unspecified atom stereocenters. The van der Waals surface area contributed by atoms with Crippen LogP contribution in [-0.4, -0.2) is 41.6 Å². The van der Waals surface area contributed by atoms with Crippen LogP contribution in [0, 0.1) is 0 Å². The molecule has 132 valence electrons. The largest absolute Gasteiger partial charge is 0.476 e. The smallest absolute Gasteiger partial charge is 0.407 e. The van der Waals surface area contributed by atoms with Gasteiger partial charge in [-0.1, -0.05) is 6.07 Å². The summed E-state index contributed by atoms with van der Waals surface area (Å²) in [5.74, 6) is -0.494. The fourth-order valence-corrected chi connectivity index (χ4v) is 2.04. The number of nitrogens with one attached hydrogen (secondary N) is 2. The van der Waals surface area contributed by atoms with Gasteiger partial charge in [0.2, 0.25) is 0 Å². The Morgan fingerprint density at radius 2 is 2.04 bits per heavy atom. The van der Waals surface area contributed by atoms with Crippen molar-refractivity contribution in [3.8, 4) is 11.5 Å². The van der Waals surface area contributed by atoms with Gasteiger partial charge in [-0.05, 0) is 39.8 Å². The van der Waals surface area contributed by atoms with Gasteiger partial charge in [0.1, 0.15) is 5.60 Å². The molecular formula is C16H22N2O6. The topological polar surface area (TPSA) is 106 Å². The molecule has 24 heavy (non-hydrogen) atoms. The summed E-state index contributed by atoms with van der Waals surface area (Å²) in [5, 5.41) is 14.8. The second kappa shape index (κ2) is 6.86. The van der Waals surface area contributed by atoms with E-state index in [1.165, 1.54) is 0 Å². The quantitative estimate of drug-likeness (QED) is 0.755. The Balaban J connectivity index is 1.91. The molecule has 1 amide bonds. The number of fused-ring (bicyclic) bond motifs is 1. The van der Waals surface area contributed by atoms with E-state index in [9.17, 15) is 9.59 Å². The number of para-hydroxylation sites is 1. The van der Waals surface area contributed by atoms with Gasteiger partial charge < -0.3 is 30.0 Å². The van der Waals surface area contributed by atoms with Crippen LogP contribution in [0.4, 0.5) is 10.5 Å². The van der Waals surface area contributed by atoms with Gasteiger partial charge in [0.05, 0.1) is 5.69 Å². The van der Waals surface area contributed by atoms with E-state index in [4.69, 9.17) is 19.3 Å². The molecule has 0 fully saturated rings. The number of hydrogen-bond donors (Lipinski definition) is 3. The Hall–Kier alpha value is -2.64. The molecule has 0 aromatic heterocycles. The number of ether oxygens (including phenoxy) is 3. The molecule has 0 saturated carbocycles. The second-order valence-corrected chi connectivity index (χ2v) is 6.47. The predicted molar refractivity (Wildman–Crippen MR) is 86.4 cm³/mol. The minimum atomic E-state index is -1.35. The van der Waals surface area contributed by atoms with Gasteiger partial charge in [-0.2, -0.15) is 0 Å². The lowest BCUT2D eigenvalue weighted by Crippen LogP contribution is -2.40. The van der Waals surface area contributed by atoms with Crippen molar-refractivity contribution in [3.05, 3.63) is 18.2 Å². The van der Waals surface area contributed by atoms with Crippen LogP contribution in [0.3, 0.4) is 0 Å². The molecule has 8 nitrogen and oxygen atoms in total. The zero-order chi connectivity index (χ0) is 17.9. The molecule has 2 atom stereocenters. The van der Waals surface area contributed by atoms with Gasteiger partial charge in [-0.15, -0.1) is 0 Å². The van der Waals surface area contributed by atoms with E-state index in [0.717, 1.165) is 0 Å². The molecular weight excluding hydrogens is 316 g/mol. The van der Waals surface area contributed by atoms with Crippen LogP contribution in [0.2, 0.25) is 0 Å². The monoisotopic (exact) mass is 338 g/mol. The number of rotatable bonds is 5. The molecule has 2 rings (SSSR count). The highest BCUT2D eigenvalue weighted by atomic mass is 16.7. The Morgan fingerprint density at radius 1 is 1.33 bits per heavy atom. The fraction of sp³-hybridized carbons (Fsp3) is 0.500. The van der Waals surface area contributed by atoms with Crippen LogP contribution >= 0.6 is 0 Å². The van der Waals surface area contributed by atoms with Crippen LogP contribution in [0.1, 0.15) is 27.7 Å². The summed E-state index contributed by atoms with van der Waals surface area (Å²) in [4.78, 5) is 22.7. The third-order valence-corrected chi connectivity index (χ3v) is 3.00. The van der Waals surface area contributed by atoms with Crippen LogP contribution in [0.5, 0.6) is 11.5 Å². The van der Waals surface area contributed by atoms with Gasteiger partial charge in [-0.25, -0.2) is 9.59 Å². The number of anilines is 1. The van der Waals surface area contributed by atoms with E-state index < -0.39 is 24.0 Å². The first kappa shape index (κ1) is 17.7. The van der Waals surface area contributed by atoms with Crippen LogP contribution < -0.4 is 20.1 Å². The molecule has 1 aromatic rings. The number of amides is 1. The summed E-state index contributed by atoms with van der Waals surface area (Å²) in [6.07, 6.45) is -1.85. The van der Waals surface area contributed by atoms with Crippen molar-refractivity contribution < 1.29 is 28.9 Å². The molecule has 0 saturated heterocycles. The zero-order valence-corrected chi connectivity index (χ0v) is 14.1. The predicted octanol–water partition coefficient (Wildman–Crippen LogP) is 2.19. The van der Waals surface area contributed by atoms with Crippen molar-refractivity contribution in [2.24, 2.45) is 0 Å². The standard InChI is InChI=1S/C16H22N2O6/c1-9(18-15(21)24-16(2,3)4)8-17-10-6-5-7-11-12(10)23-14(22-11)13(19)20/h5-7,9,14,17H,8H2,1-4H3,(H,18,21)(H,19,20). The first-order chi connectivity index (χ1) is 11.2. The fourth-order valence-electron chi connectivity index (χ4n) is 2.04. The highest BCUT2D eigenvalue weighted by molar-refractivity contribution is 5.75. The summed E-state index contributed by atoms with van der Waals surface area (Å²) in [6, 6.07) is 4.88. The van der Waals surface area contributed by atoms with E-state index in [-0.39, 0.29) is 6.04 Å². The normalized spacial score (nSPS) is 17.1. The van der Waals surface area contributed by atoms with Crippen LogP contribution in [0.25, 0.3) is 0 Å². The third-order valence-electron chi connectivity index (χ3n) is 3.00. The first-order valence-electron chi connectivity index (χ1n) is 7.58. The number of carboxylic acid groups (broad SMARTS) is 1. The summed E-state index contributed by atoms with van der Waals surface area (Å²) >= 11 is 0. The van der Waals surface area contributed by atoms with Crippen molar-refractivity contribution in [2.45, 2.75) is 45.6 Å². The Labute approximate surface area is 140 Å². The van der Waals surface area contributed by atoms with E-state index in [1.807, 2.05) is 6.92 Å². The summed E-state index contributed by atoms with van der Waals surface area (Å²) in [7, 11) is 0.